The second-order valence-electron chi connectivity index (χ2n) is 7.54. The van der Waals surface area contributed by atoms with Gasteiger partial charge in [-0.15, -0.1) is 0 Å². The zero-order valence-electron chi connectivity index (χ0n) is 16.4. The maximum atomic E-state index is 14.4. The number of hydrogen-bond donors (Lipinski definition) is 2. The number of aromatic nitrogens is 3. The Labute approximate surface area is 172 Å². The maximum absolute atomic E-state index is 14.4. The molecule has 30 heavy (non-hydrogen) atoms. The number of pyridine rings is 1. The van der Waals surface area contributed by atoms with Crippen LogP contribution in [-0.2, 0) is 6.42 Å². The van der Waals surface area contributed by atoms with Gasteiger partial charge in [-0.25, -0.2) is 9.37 Å². The van der Waals surface area contributed by atoms with Crippen LogP contribution in [0.15, 0.2) is 36.2 Å². The van der Waals surface area contributed by atoms with Crippen molar-refractivity contribution in [1.29, 1.82) is 0 Å². The van der Waals surface area contributed by atoms with E-state index in [1.54, 1.807) is 37.6 Å². The number of nitrogens with zero attached hydrogens (tertiary/aromatic N) is 2. The van der Waals surface area contributed by atoms with E-state index in [9.17, 15) is 9.18 Å². The monoisotopic (exact) mass is 408 g/mol. The van der Waals surface area contributed by atoms with Gasteiger partial charge < -0.3 is 14.8 Å². The number of allylic oxidation sites excluding steroid dienone is 1. The molecule has 0 spiro atoms. The van der Waals surface area contributed by atoms with Gasteiger partial charge in [-0.05, 0) is 49.6 Å². The summed E-state index contributed by atoms with van der Waals surface area (Å²) in [5.74, 6) is 0.854. The van der Waals surface area contributed by atoms with Crippen molar-refractivity contribution in [2.75, 3.05) is 20.2 Å². The van der Waals surface area contributed by atoms with Gasteiger partial charge in [0.1, 0.15) is 17.7 Å². The molecule has 4 heterocycles. The Bertz CT molecular complexity index is 1160. The summed E-state index contributed by atoms with van der Waals surface area (Å²) in [4.78, 5) is 17.2. The third-order valence-corrected chi connectivity index (χ3v) is 5.76. The molecule has 3 aromatic rings. The fraction of sp³-hybridized carbons (Fsp3) is 0.318. The minimum absolute atomic E-state index is 0.153. The van der Waals surface area contributed by atoms with Crippen molar-refractivity contribution in [2.45, 2.75) is 19.0 Å². The van der Waals surface area contributed by atoms with E-state index in [-0.39, 0.29) is 17.5 Å². The standard InChI is InChI=1S/C22H21FN4O3/c1-29-18-5-4-14-20(28)19(10-17-13-3-2-7-25-22(13)27-26-17)30-21(14)15(18)9-12-6-8-24-11-16(12)23/h2-5,7,10,12,16,24H,6,8-9,11H2,1H3,(H,25,26,27)/b19-10-/t12?,16-/m1/s1. The summed E-state index contributed by atoms with van der Waals surface area (Å²) in [6, 6.07) is 7.13. The van der Waals surface area contributed by atoms with E-state index in [2.05, 4.69) is 20.5 Å². The summed E-state index contributed by atoms with van der Waals surface area (Å²) in [7, 11) is 1.57. The second-order valence-corrected chi connectivity index (χ2v) is 7.54. The third-order valence-electron chi connectivity index (χ3n) is 5.76. The molecule has 2 aliphatic rings. The van der Waals surface area contributed by atoms with Gasteiger partial charge in [0.2, 0.25) is 5.78 Å². The van der Waals surface area contributed by atoms with Crippen LogP contribution < -0.4 is 14.8 Å². The molecular formula is C22H21FN4O3. The third kappa shape index (κ3) is 3.13. The first-order valence-electron chi connectivity index (χ1n) is 9.93. The number of alkyl halides is 1. The number of carbonyl (C=O) groups excluding carboxylic acids is 1. The Morgan fingerprint density at radius 3 is 3.10 bits per heavy atom. The summed E-state index contributed by atoms with van der Waals surface area (Å²) >= 11 is 0. The number of hydrogen-bond acceptors (Lipinski definition) is 6. The Balaban J connectivity index is 1.52. The van der Waals surface area contributed by atoms with Gasteiger partial charge in [0.25, 0.3) is 0 Å². The number of ketones is 1. The lowest BCUT2D eigenvalue weighted by Gasteiger charge is -2.27. The number of methoxy groups -OCH3 is 1. The van der Waals surface area contributed by atoms with Crippen LogP contribution >= 0.6 is 0 Å². The summed E-state index contributed by atoms with van der Waals surface area (Å²) in [5.41, 5.74) is 2.40. The van der Waals surface area contributed by atoms with Crippen LogP contribution in [0.3, 0.4) is 0 Å². The van der Waals surface area contributed by atoms with Crippen LogP contribution in [0.2, 0.25) is 0 Å². The van der Waals surface area contributed by atoms with Gasteiger partial charge in [0.15, 0.2) is 11.4 Å². The van der Waals surface area contributed by atoms with Crippen LogP contribution in [-0.4, -0.2) is 47.3 Å². The molecule has 0 bridgehead atoms. The van der Waals surface area contributed by atoms with Crippen molar-refractivity contribution in [3.63, 3.8) is 0 Å². The zero-order valence-corrected chi connectivity index (χ0v) is 16.4. The molecule has 1 fully saturated rings. The van der Waals surface area contributed by atoms with Crippen LogP contribution in [0.25, 0.3) is 17.1 Å². The lowest BCUT2D eigenvalue weighted by Crippen LogP contribution is -2.38. The van der Waals surface area contributed by atoms with Gasteiger partial charge in [0.05, 0.1) is 18.4 Å². The van der Waals surface area contributed by atoms with E-state index < -0.39 is 6.17 Å². The fourth-order valence-corrected chi connectivity index (χ4v) is 4.15. The summed E-state index contributed by atoms with van der Waals surface area (Å²) in [5, 5.41) is 11.0. The number of halogens is 1. The average molecular weight is 408 g/mol. The predicted octanol–water partition coefficient (Wildman–Crippen LogP) is 3.07. The van der Waals surface area contributed by atoms with Gasteiger partial charge in [0, 0.05) is 29.8 Å². The summed E-state index contributed by atoms with van der Waals surface area (Å²) in [6.45, 7) is 1.11. The lowest BCUT2D eigenvalue weighted by atomic mass is 9.88. The van der Waals surface area contributed by atoms with E-state index >= 15 is 0 Å². The molecule has 154 valence electrons. The Hall–Kier alpha value is -3.26. The number of carbonyl (C=O) groups is 1. The predicted molar refractivity (Wildman–Crippen MR) is 109 cm³/mol. The van der Waals surface area contributed by atoms with Gasteiger partial charge in [-0.1, -0.05) is 0 Å². The number of nitrogens with one attached hydrogen (secondary N) is 2. The number of benzene rings is 1. The van der Waals surface area contributed by atoms with Crippen LogP contribution in [0.4, 0.5) is 4.39 Å². The van der Waals surface area contributed by atoms with Crippen LogP contribution in [0, 0.1) is 5.92 Å². The number of fused-ring (bicyclic) bond motifs is 2. The largest absolute Gasteiger partial charge is 0.496 e. The number of Topliss-reactive ketones (excluding diaryl/α,β-unsaturated/α-hetero) is 1. The van der Waals surface area contributed by atoms with Crippen molar-refractivity contribution in [2.24, 2.45) is 5.92 Å². The van der Waals surface area contributed by atoms with Crippen LogP contribution in [0.5, 0.6) is 11.5 Å². The highest BCUT2D eigenvalue weighted by Crippen LogP contribution is 2.42. The molecular weight excluding hydrogens is 387 g/mol. The van der Waals surface area contributed by atoms with Crippen molar-refractivity contribution in [3.8, 4) is 11.5 Å². The molecule has 2 N–H and O–H groups in total. The molecule has 2 aromatic heterocycles. The lowest BCUT2D eigenvalue weighted by molar-refractivity contribution is 0.101. The summed E-state index contributed by atoms with van der Waals surface area (Å²) in [6.07, 6.45) is 3.50. The highest BCUT2D eigenvalue weighted by molar-refractivity contribution is 6.15. The topological polar surface area (TPSA) is 89.1 Å². The smallest absolute Gasteiger partial charge is 0.232 e. The van der Waals surface area contributed by atoms with Crippen molar-refractivity contribution >= 4 is 22.9 Å². The van der Waals surface area contributed by atoms with Crippen LogP contribution in [0.1, 0.15) is 28.0 Å². The van der Waals surface area contributed by atoms with E-state index in [4.69, 9.17) is 9.47 Å². The first-order chi connectivity index (χ1) is 14.7. The molecule has 1 unspecified atom stereocenters. The molecule has 2 aliphatic heterocycles. The number of piperidine rings is 1. The molecule has 2 atom stereocenters. The number of ether oxygens (including phenoxy) is 2. The highest BCUT2D eigenvalue weighted by atomic mass is 19.1. The SMILES string of the molecule is COc1ccc2c(c1CC1CCNC[C@H]1F)O/C(=C\c1n[nH]c3ncccc13)C2=O. The molecule has 7 nitrogen and oxygen atoms in total. The molecule has 0 radical (unpaired) electrons. The maximum Gasteiger partial charge on any atom is 0.232 e. The van der Waals surface area contributed by atoms with Gasteiger partial charge in [-0.3, -0.25) is 9.89 Å². The van der Waals surface area contributed by atoms with E-state index in [1.165, 1.54) is 0 Å². The van der Waals surface area contributed by atoms with Crippen molar-refractivity contribution < 1.29 is 18.7 Å². The molecule has 0 amide bonds. The number of aromatic amines is 1. The number of H-pyrrole nitrogens is 1. The van der Waals surface area contributed by atoms with E-state index in [1.807, 2.05) is 6.07 Å². The Morgan fingerprint density at radius 1 is 1.37 bits per heavy atom. The van der Waals surface area contributed by atoms with E-state index in [0.29, 0.717) is 41.4 Å². The highest BCUT2D eigenvalue weighted by Gasteiger charge is 2.34. The minimum atomic E-state index is -0.950. The molecule has 8 heteroatoms. The van der Waals surface area contributed by atoms with Crippen molar-refractivity contribution in [1.82, 2.24) is 20.5 Å². The second kappa shape index (κ2) is 7.53. The van der Waals surface area contributed by atoms with E-state index in [0.717, 1.165) is 23.9 Å². The average Bonchev–Trinajstić information content (AvgIpc) is 3.32. The molecule has 0 saturated carbocycles. The van der Waals surface area contributed by atoms with Crippen molar-refractivity contribution in [3.05, 3.63) is 53.0 Å². The minimum Gasteiger partial charge on any atom is -0.496 e. The first-order valence-corrected chi connectivity index (χ1v) is 9.93. The molecule has 1 saturated heterocycles. The Morgan fingerprint density at radius 2 is 2.27 bits per heavy atom. The van der Waals surface area contributed by atoms with Gasteiger partial charge >= 0.3 is 0 Å². The Kier molecular flexibility index (Phi) is 4.71. The fourth-order valence-electron chi connectivity index (χ4n) is 4.15. The summed E-state index contributed by atoms with van der Waals surface area (Å²) < 4.78 is 26.0. The van der Waals surface area contributed by atoms with Gasteiger partial charge in [-0.2, -0.15) is 5.10 Å². The zero-order chi connectivity index (χ0) is 20.7. The quantitative estimate of drug-likeness (QED) is 0.645. The number of rotatable bonds is 4. The molecule has 0 aliphatic carbocycles. The molecule has 5 rings (SSSR count). The first kappa shape index (κ1) is 18.7. The normalized spacial score (nSPS) is 22.3. The molecule has 1 aromatic carbocycles.